The number of aryl methyl sites for hydroxylation is 1. The van der Waals surface area contributed by atoms with E-state index in [9.17, 15) is 9.59 Å². The Morgan fingerprint density at radius 2 is 1.88 bits per heavy atom. The van der Waals surface area contributed by atoms with Crippen molar-refractivity contribution in [2.45, 2.75) is 26.8 Å². The summed E-state index contributed by atoms with van der Waals surface area (Å²) >= 11 is 0. The molecule has 0 bridgehead atoms. The van der Waals surface area contributed by atoms with Gasteiger partial charge in [-0.1, -0.05) is 42.5 Å². The molecule has 0 fully saturated rings. The van der Waals surface area contributed by atoms with Crippen LogP contribution in [0.15, 0.2) is 53.6 Å². The van der Waals surface area contributed by atoms with Crippen LogP contribution < -0.4 is 10.9 Å². The molecular weight excluding hydrogens is 314 g/mol. The number of fused-ring (bicyclic) bond motifs is 1. The molecule has 1 heterocycles. The second kappa shape index (κ2) is 7.30. The highest BCUT2D eigenvalue weighted by atomic mass is 16.1. The average molecular weight is 335 g/mol. The molecule has 1 N–H and O–H groups in total. The monoisotopic (exact) mass is 335 g/mol. The van der Waals surface area contributed by atoms with Crippen molar-refractivity contribution in [2.24, 2.45) is 0 Å². The first-order chi connectivity index (χ1) is 12.1. The first-order valence-corrected chi connectivity index (χ1v) is 8.32. The van der Waals surface area contributed by atoms with Gasteiger partial charge in [-0.3, -0.25) is 14.2 Å². The third-order valence-corrected chi connectivity index (χ3v) is 4.42. The van der Waals surface area contributed by atoms with Crippen LogP contribution in [0.5, 0.6) is 0 Å². The van der Waals surface area contributed by atoms with Crippen LogP contribution in [0.3, 0.4) is 0 Å². The number of amides is 1. The third kappa shape index (κ3) is 3.76. The van der Waals surface area contributed by atoms with Gasteiger partial charge in [-0.2, -0.15) is 0 Å². The highest BCUT2D eigenvalue weighted by molar-refractivity contribution is 5.90. The molecule has 0 saturated carbocycles. The van der Waals surface area contributed by atoms with Gasteiger partial charge in [-0.05, 0) is 30.2 Å². The van der Waals surface area contributed by atoms with Crippen molar-refractivity contribution in [3.8, 4) is 0 Å². The smallest absolute Gasteiger partial charge is 0.256 e. The molecule has 1 amide bonds. The molecule has 1 aromatic heterocycles. The predicted octanol–water partition coefficient (Wildman–Crippen LogP) is 2.37. The minimum absolute atomic E-state index is 0.0544. The number of carbonyl (C=O) groups excluding carboxylic acids is 1. The van der Waals surface area contributed by atoms with Crippen molar-refractivity contribution < 1.29 is 4.79 Å². The van der Waals surface area contributed by atoms with Crippen LogP contribution in [0.1, 0.15) is 16.8 Å². The summed E-state index contributed by atoms with van der Waals surface area (Å²) in [5, 5.41) is 5.10. The van der Waals surface area contributed by atoms with E-state index in [4.69, 9.17) is 0 Å². The SMILES string of the molecule is Cc1ncn(CCNC(=O)Cc2cccc3ccccc23)c(=O)c1C. The summed E-state index contributed by atoms with van der Waals surface area (Å²) in [6.07, 6.45) is 1.85. The van der Waals surface area contributed by atoms with Crippen LogP contribution in [0.4, 0.5) is 0 Å². The van der Waals surface area contributed by atoms with Crippen molar-refractivity contribution in [3.63, 3.8) is 0 Å². The number of hydrogen-bond donors (Lipinski definition) is 1. The fourth-order valence-electron chi connectivity index (χ4n) is 2.83. The molecule has 0 aliphatic rings. The number of nitrogens with one attached hydrogen (secondary N) is 1. The van der Waals surface area contributed by atoms with E-state index >= 15 is 0 Å². The summed E-state index contributed by atoms with van der Waals surface area (Å²) in [4.78, 5) is 28.5. The summed E-state index contributed by atoms with van der Waals surface area (Å²) in [6, 6.07) is 14.0. The van der Waals surface area contributed by atoms with E-state index in [1.807, 2.05) is 49.4 Å². The van der Waals surface area contributed by atoms with E-state index in [1.165, 1.54) is 10.9 Å². The van der Waals surface area contributed by atoms with Crippen molar-refractivity contribution in [3.05, 3.63) is 76.0 Å². The van der Waals surface area contributed by atoms with Crippen molar-refractivity contribution in [2.75, 3.05) is 6.54 Å². The molecular formula is C20H21N3O2. The van der Waals surface area contributed by atoms with E-state index < -0.39 is 0 Å². The molecule has 25 heavy (non-hydrogen) atoms. The predicted molar refractivity (Wildman–Crippen MR) is 98.6 cm³/mol. The molecule has 0 unspecified atom stereocenters. The quantitative estimate of drug-likeness (QED) is 0.778. The van der Waals surface area contributed by atoms with Gasteiger partial charge < -0.3 is 5.32 Å². The van der Waals surface area contributed by atoms with E-state index in [-0.39, 0.29) is 11.5 Å². The van der Waals surface area contributed by atoms with Crippen LogP contribution >= 0.6 is 0 Å². The summed E-state index contributed by atoms with van der Waals surface area (Å²) in [5.74, 6) is -0.0544. The fourth-order valence-corrected chi connectivity index (χ4v) is 2.83. The Morgan fingerprint density at radius 3 is 2.72 bits per heavy atom. The summed E-state index contributed by atoms with van der Waals surface area (Å²) in [6.45, 7) is 4.38. The van der Waals surface area contributed by atoms with Gasteiger partial charge in [0.05, 0.1) is 12.7 Å². The Kier molecular flexibility index (Phi) is 4.93. The Bertz CT molecular complexity index is 971. The van der Waals surface area contributed by atoms with Crippen molar-refractivity contribution in [1.82, 2.24) is 14.9 Å². The molecule has 2 aromatic carbocycles. The molecule has 5 nitrogen and oxygen atoms in total. The molecule has 0 saturated heterocycles. The van der Waals surface area contributed by atoms with E-state index in [2.05, 4.69) is 10.3 Å². The molecule has 5 heteroatoms. The molecule has 128 valence electrons. The Balaban J connectivity index is 1.62. The lowest BCUT2D eigenvalue weighted by Gasteiger charge is -2.10. The molecule has 0 spiro atoms. The molecule has 0 aliphatic carbocycles. The minimum atomic E-state index is -0.0594. The van der Waals surface area contributed by atoms with Crippen LogP contribution in [0, 0.1) is 13.8 Å². The van der Waals surface area contributed by atoms with Crippen LogP contribution in [0.25, 0.3) is 10.8 Å². The number of nitrogens with zero attached hydrogens (tertiary/aromatic N) is 2. The molecule has 0 radical (unpaired) electrons. The number of carbonyl (C=O) groups is 1. The Hall–Kier alpha value is -2.95. The van der Waals surface area contributed by atoms with Crippen LogP contribution in [-0.2, 0) is 17.8 Å². The zero-order valence-corrected chi connectivity index (χ0v) is 14.5. The third-order valence-electron chi connectivity index (χ3n) is 4.42. The Labute approximate surface area is 146 Å². The van der Waals surface area contributed by atoms with Gasteiger partial charge in [0.25, 0.3) is 5.56 Å². The summed E-state index contributed by atoms with van der Waals surface area (Å²) in [5.41, 5.74) is 2.32. The maximum Gasteiger partial charge on any atom is 0.256 e. The zero-order chi connectivity index (χ0) is 17.8. The minimum Gasteiger partial charge on any atom is -0.354 e. The van der Waals surface area contributed by atoms with Gasteiger partial charge >= 0.3 is 0 Å². The topological polar surface area (TPSA) is 64.0 Å². The first-order valence-electron chi connectivity index (χ1n) is 8.32. The lowest BCUT2D eigenvalue weighted by atomic mass is 10.0. The second-order valence-corrected chi connectivity index (χ2v) is 6.12. The maximum atomic E-state index is 12.2. The highest BCUT2D eigenvalue weighted by Crippen LogP contribution is 2.18. The van der Waals surface area contributed by atoms with E-state index in [0.717, 1.165) is 22.0 Å². The highest BCUT2D eigenvalue weighted by Gasteiger charge is 2.07. The largest absolute Gasteiger partial charge is 0.354 e. The number of aromatic nitrogens is 2. The van der Waals surface area contributed by atoms with Gasteiger partial charge in [0.2, 0.25) is 5.91 Å². The van der Waals surface area contributed by atoms with Crippen molar-refractivity contribution >= 4 is 16.7 Å². The lowest BCUT2D eigenvalue weighted by molar-refractivity contribution is -0.120. The average Bonchev–Trinajstić information content (AvgIpc) is 2.62. The van der Waals surface area contributed by atoms with E-state index in [0.29, 0.717) is 25.1 Å². The van der Waals surface area contributed by atoms with E-state index in [1.54, 1.807) is 6.92 Å². The van der Waals surface area contributed by atoms with Gasteiger partial charge in [0, 0.05) is 24.3 Å². The van der Waals surface area contributed by atoms with Crippen molar-refractivity contribution in [1.29, 1.82) is 0 Å². The van der Waals surface area contributed by atoms with Gasteiger partial charge in [-0.15, -0.1) is 0 Å². The van der Waals surface area contributed by atoms with Gasteiger partial charge in [-0.25, -0.2) is 4.98 Å². The molecule has 0 aliphatic heterocycles. The molecule has 3 aromatic rings. The number of hydrogen-bond acceptors (Lipinski definition) is 3. The Morgan fingerprint density at radius 1 is 1.12 bits per heavy atom. The summed E-state index contributed by atoms with van der Waals surface area (Å²) < 4.78 is 1.53. The normalized spacial score (nSPS) is 10.8. The maximum absolute atomic E-state index is 12.2. The first kappa shape index (κ1) is 16.9. The zero-order valence-electron chi connectivity index (χ0n) is 14.5. The van der Waals surface area contributed by atoms with Crippen LogP contribution in [-0.4, -0.2) is 22.0 Å². The van der Waals surface area contributed by atoms with Gasteiger partial charge in [0.15, 0.2) is 0 Å². The number of benzene rings is 2. The lowest BCUT2D eigenvalue weighted by Crippen LogP contribution is -2.32. The standard InChI is InChI=1S/C20H21N3O2/c1-14-15(2)22-13-23(20(14)25)11-10-21-19(24)12-17-8-5-7-16-6-3-4-9-18(16)17/h3-9,13H,10-12H2,1-2H3,(H,21,24). The fraction of sp³-hybridized carbons (Fsp3) is 0.250. The van der Waals surface area contributed by atoms with Gasteiger partial charge in [0.1, 0.15) is 0 Å². The molecule has 3 rings (SSSR count). The second-order valence-electron chi connectivity index (χ2n) is 6.12. The summed E-state index contributed by atoms with van der Waals surface area (Å²) in [7, 11) is 0. The molecule has 0 atom stereocenters. The van der Waals surface area contributed by atoms with Crippen LogP contribution in [0.2, 0.25) is 0 Å². The number of rotatable bonds is 5.